The number of rotatable bonds is 9. The van der Waals surface area contributed by atoms with Crippen molar-refractivity contribution in [2.45, 2.75) is 50.7 Å². The lowest BCUT2D eigenvalue weighted by molar-refractivity contribution is 0.174. The van der Waals surface area contributed by atoms with E-state index < -0.39 is 17.2 Å². The second-order valence-electron chi connectivity index (χ2n) is 7.81. The van der Waals surface area contributed by atoms with Crippen LogP contribution in [0.4, 0.5) is 5.82 Å². The largest absolute Gasteiger partial charge is 0.397 e. The molecular weight excluding hydrogens is 424 g/mol. The van der Waals surface area contributed by atoms with E-state index in [-0.39, 0.29) is 0 Å². The van der Waals surface area contributed by atoms with Gasteiger partial charge >= 0.3 is 0 Å². The maximum absolute atomic E-state index is 12.6. The van der Waals surface area contributed by atoms with Crippen molar-refractivity contribution >= 4 is 38.8 Å². The summed E-state index contributed by atoms with van der Waals surface area (Å²) in [5.74, 6) is 2.08. The normalized spacial score (nSPS) is 13.4. The molecule has 0 saturated carbocycles. The van der Waals surface area contributed by atoms with Gasteiger partial charge in [-0.15, -0.1) is 0 Å². The first kappa shape index (κ1) is 22.2. The average Bonchev–Trinajstić information content (AvgIpc) is 3.15. The molecule has 0 aliphatic rings. The number of hydrogen-bond acceptors (Lipinski definition) is 6. The molecule has 0 saturated heterocycles. The number of nitrogens with one attached hydrogen (secondary N) is 1. The summed E-state index contributed by atoms with van der Waals surface area (Å²) in [5, 5.41) is 14.2. The predicted molar refractivity (Wildman–Crippen MR) is 128 cm³/mol. The van der Waals surface area contributed by atoms with Crippen molar-refractivity contribution in [1.29, 1.82) is 0 Å². The fourth-order valence-electron chi connectivity index (χ4n) is 3.79. The smallest absolute Gasteiger partial charge is 0.240 e. The van der Waals surface area contributed by atoms with Crippen LogP contribution in [0.15, 0.2) is 53.4 Å². The van der Waals surface area contributed by atoms with Gasteiger partial charge in [-0.1, -0.05) is 31.5 Å². The first-order valence-electron chi connectivity index (χ1n) is 10.9. The Kier molecular flexibility index (Phi) is 6.72. The third-order valence-corrected chi connectivity index (χ3v) is 6.27. The Morgan fingerprint density at radius 3 is 2.66 bits per heavy atom. The lowest BCUT2D eigenvalue weighted by Crippen LogP contribution is -2.14. The van der Waals surface area contributed by atoms with Crippen LogP contribution in [-0.4, -0.2) is 37.0 Å². The van der Waals surface area contributed by atoms with E-state index in [9.17, 15) is 9.32 Å². The van der Waals surface area contributed by atoms with E-state index in [1.165, 1.54) is 0 Å². The summed E-state index contributed by atoms with van der Waals surface area (Å²) in [6, 6.07) is 14.6. The number of benzene rings is 2. The minimum absolute atomic E-state index is 0.452. The van der Waals surface area contributed by atoms with Crippen LogP contribution in [0.25, 0.3) is 21.9 Å². The summed E-state index contributed by atoms with van der Waals surface area (Å²) in [7, 11) is 1.82. The number of hydrogen-bond donors (Lipinski definition) is 2. The fourth-order valence-corrected chi connectivity index (χ4v) is 4.55. The predicted octanol–water partition coefficient (Wildman–Crippen LogP) is 4.45. The Hall–Kier alpha value is -2.97. The number of aliphatic hydroxyl groups excluding tert-OH is 1. The van der Waals surface area contributed by atoms with Gasteiger partial charge in [-0.25, -0.2) is 14.2 Å². The van der Waals surface area contributed by atoms with Crippen LogP contribution < -0.4 is 9.50 Å². The number of aliphatic hydroxyl groups is 1. The molecule has 0 amide bonds. The van der Waals surface area contributed by atoms with Crippen molar-refractivity contribution in [1.82, 2.24) is 14.5 Å². The average molecular weight is 453 g/mol. The van der Waals surface area contributed by atoms with Crippen molar-refractivity contribution in [3.63, 3.8) is 0 Å². The summed E-state index contributed by atoms with van der Waals surface area (Å²) in [5.41, 5.74) is 2.42. The summed E-state index contributed by atoms with van der Waals surface area (Å²) in [6.45, 7) is 4.38. The minimum atomic E-state index is -1.62. The third-order valence-electron chi connectivity index (χ3n) is 5.27. The van der Waals surface area contributed by atoms with Gasteiger partial charge in [0.25, 0.3) is 0 Å². The molecule has 0 aliphatic heterocycles. The van der Waals surface area contributed by atoms with E-state index in [2.05, 4.69) is 16.8 Å². The van der Waals surface area contributed by atoms with Gasteiger partial charge in [-0.2, -0.15) is 0 Å². The number of aromatic nitrogens is 3. The quantitative estimate of drug-likeness (QED) is 0.390. The van der Waals surface area contributed by atoms with Crippen molar-refractivity contribution in [3.8, 4) is 5.75 Å². The zero-order chi connectivity index (χ0) is 22.7. The molecule has 0 fully saturated rings. The molecule has 0 radical (unpaired) electrons. The summed E-state index contributed by atoms with van der Waals surface area (Å²) < 4.78 is 20.4. The van der Waals surface area contributed by atoms with Crippen LogP contribution >= 0.6 is 0 Å². The van der Waals surface area contributed by atoms with Gasteiger partial charge in [0, 0.05) is 24.9 Å². The van der Waals surface area contributed by atoms with Crippen LogP contribution in [0.3, 0.4) is 0 Å². The van der Waals surface area contributed by atoms with E-state index in [0.717, 1.165) is 41.5 Å². The number of unbranched alkanes of at least 4 members (excludes halogenated alkanes) is 1. The van der Waals surface area contributed by atoms with Gasteiger partial charge in [0.1, 0.15) is 17.1 Å². The van der Waals surface area contributed by atoms with Gasteiger partial charge in [0.05, 0.1) is 28.6 Å². The second-order valence-corrected chi connectivity index (χ2v) is 8.92. The van der Waals surface area contributed by atoms with Crippen LogP contribution in [0.1, 0.15) is 32.5 Å². The van der Waals surface area contributed by atoms with Crippen LogP contribution in [-0.2, 0) is 24.0 Å². The monoisotopic (exact) mass is 452 g/mol. The fraction of sp³-hybridized carbons (Fsp3) is 0.333. The molecule has 0 spiro atoms. The number of pyridine rings is 1. The highest BCUT2D eigenvalue weighted by Gasteiger charge is 2.19. The van der Waals surface area contributed by atoms with Crippen molar-refractivity contribution in [2.75, 3.05) is 12.4 Å². The lowest BCUT2D eigenvalue weighted by Gasteiger charge is -2.13. The Balaban J connectivity index is 1.83. The van der Waals surface area contributed by atoms with Gasteiger partial charge in [0.15, 0.2) is 5.82 Å². The topological polar surface area (TPSA) is 89.3 Å². The lowest BCUT2D eigenvalue weighted by atomic mass is 10.1. The zero-order valence-electron chi connectivity index (χ0n) is 18.5. The number of fused-ring (bicyclic) bond motifs is 3. The van der Waals surface area contributed by atoms with Crippen molar-refractivity contribution < 1.29 is 13.5 Å². The van der Waals surface area contributed by atoms with Gasteiger partial charge < -0.3 is 19.2 Å². The summed E-state index contributed by atoms with van der Waals surface area (Å²) in [6.07, 6.45) is 2.41. The Morgan fingerprint density at radius 2 is 1.97 bits per heavy atom. The number of aryl methyl sites for hydroxylation is 1. The van der Waals surface area contributed by atoms with E-state index in [1.54, 1.807) is 31.2 Å². The van der Waals surface area contributed by atoms with Gasteiger partial charge in [-0.3, -0.25) is 0 Å². The molecule has 2 heterocycles. The molecule has 0 bridgehead atoms. The molecule has 32 heavy (non-hydrogen) atoms. The first-order chi connectivity index (χ1) is 15.5. The SMILES string of the molecule is CCCCc1nc2c(NC)nc3cc(OS(=O)c4ccccc4)ccc3c2n1CC(C)O. The molecule has 4 rings (SSSR count). The van der Waals surface area contributed by atoms with Crippen molar-refractivity contribution in [3.05, 3.63) is 54.4 Å². The highest BCUT2D eigenvalue weighted by Crippen LogP contribution is 2.33. The Bertz CT molecular complexity index is 1250. The number of imidazole rings is 1. The number of nitrogens with zero attached hydrogens (tertiary/aromatic N) is 3. The number of anilines is 1. The molecule has 4 aromatic rings. The molecule has 2 unspecified atom stereocenters. The molecular formula is C24H28N4O3S. The molecule has 0 aliphatic carbocycles. The standard InChI is InChI=1S/C24H28N4O3S/c1-4-5-11-21-27-22-23(28(21)15-16(2)29)19-13-12-17(14-20(19)26-24(22)25-3)31-32(30)18-9-7-6-8-10-18/h6-10,12-14,16,29H,4-5,11,15H2,1-3H3,(H,25,26). The molecule has 2 aromatic carbocycles. The van der Waals surface area contributed by atoms with E-state index in [1.807, 2.05) is 31.3 Å². The molecule has 8 heteroatoms. The maximum atomic E-state index is 12.6. The molecule has 2 aromatic heterocycles. The highest BCUT2D eigenvalue weighted by molar-refractivity contribution is 7.80. The third kappa shape index (κ3) is 4.47. The molecule has 168 valence electrons. The van der Waals surface area contributed by atoms with E-state index in [4.69, 9.17) is 14.2 Å². The Labute approximate surface area is 190 Å². The minimum Gasteiger partial charge on any atom is -0.397 e. The van der Waals surface area contributed by atoms with Crippen LogP contribution in [0.5, 0.6) is 5.75 Å². The van der Waals surface area contributed by atoms with Gasteiger partial charge in [0.2, 0.25) is 11.1 Å². The summed E-state index contributed by atoms with van der Waals surface area (Å²) in [4.78, 5) is 10.2. The van der Waals surface area contributed by atoms with Crippen molar-refractivity contribution in [2.24, 2.45) is 0 Å². The first-order valence-corrected chi connectivity index (χ1v) is 11.9. The maximum Gasteiger partial charge on any atom is 0.240 e. The molecule has 2 atom stereocenters. The molecule has 2 N–H and O–H groups in total. The molecule has 7 nitrogen and oxygen atoms in total. The Morgan fingerprint density at radius 1 is 1.19 bits per heavy atom. The highest BCUT2D eigenvalue weighted by atomic mass is 32.2. The summed E-state index contributed by atoms with van der Waals surface area (Å²) >= 11 is -1.62. The second kappa shape index (κ2) is 9.67. The van der Waals surface area contributed by atoms with Crippen LogP contribution in [0.2, 0.25) is 0 Å². The van der Waals surface area contributed by atoms with E-state index >= 15 is 0 Å². The van der Waals surface area contributed by atoms with E-state index in [0.29, 0.717) is 28.5 Å². The van der Waals surface area contributed by atoms with Crippen LogP contribution in [0, 0.1) is 0 Å². The van der Waals surface area contributed by atoms with Gasteiger partial charge in [-0.05, 0) is 37.6 Å². The zero-order valence-corrected chi connectivity index (χ0v) is 19.4.